The van der Waals surface area contributed by atoms with E-state index in [4.69, 9.17) is 0 Å². The second-order valence-electron chi connectivity index (χ2n) is 15.1. The molecule has 0 unspecified atom stereocenters. The van der Waals surface area contributed by atoms with E-state index in [0.717, 1.165) is 25.7 Å². The van der Waals surface area contributed by atoms with Gasteiger partial charge in [-0.3, -0.25) is 0 Å². The molecule has 0 saturated heterocycles. The molecule has 0 heterocycles. The van der Waals surface area contributed by atoms with Gasteiger partial charge in [0.15, 0.2) is 0 Å². The third kappa shape index (κ3) is 61.1. The number of carboxylic acids is 2. The van der Waals surface area contributed by atoms with Crippen LogP contribution in [0.25, 0.3) is 0 Å². The number of rotatable bonds is 42. The van der Waals surface area contributed by atoms with E-state index in [1.54, 1.807) is 0 Å². The predicted octanol–water partition coefficient (Wildman–Crippen LogP) is 13.6. The van der Waals surface area contributed by atoms with Crippen molar-refractivity contribution in [2.24, 2.45) is 0 Å². The van der Waals surface area contributed by atoms with Crippen LogP contribution in [-0.2, 0) is 9.59 Å². The summed E-state index contributed by atoms with van der Waals surface area (Å²) in [5.41, 5.74) is 0. The monoisotopic (exact) mass is 970 g/mol. The fourth-order valence-corrected chi connectivity index (χ4v) is 7.82. The molecule has 0 aliphatic rings. The van der Waals surface area contributed by atoms with Gasteiger partial charge in [-0.2, -0.15) is 0 Å². The summed E-state index contributed by atoms with van der Waals surface area (Å²) in [4.78, 5) is 20.6. The van der Waals surface area contributed by atoms with Crippen LogP contribution in [0.3, 0.4) is 0 Å². The van der Waals surface area contributed by atoms with Crippen molar-refractivity contribution >= 4 is 94.9 Å². The molecule has 0 bridgehead atoms. The molecule has 0 aromatic carbocycles. The van der Waals surface area contributed by atoms with Gasteiger partial charge in [0.05, 0.1) is 0 Å². The predicted molar refractivity (Wildman–Crippen MR) is 238 cm³/mol. The molecule has 300 valence electrons. The van der Waals surface area contributed by atoms with Crippen LogP contribution in [0.15, 0.2) is 0 Å². The number of carboxylic acid groups (broad SMARTS) is 2. The molecule has 0 rings (SSSR count). The van der Waals surface area contributed by atoms with Gasteiger partial charge in [-0.05, 0) is 47.4 Å². The van der Waals surface area contributed by atoms with Gasteiger partial charge in [-0.25, -0.2) is 0 Å². The van der Waals surface area contributed by atoms with Crippen LogP contribution in [0.5, 0.6) is 0 Å². The molecule has 0 N–H and O–H groups in total. The molecule has 0 aromatic rings. The van der Waals surface area contributed by atoms with E-state index in [9.17, 15) is 19.8 Å². The molecule has 7 heteroatoms. The van der Waals surface area contributed by atoms with Crippen LogP contribution in [0, 0.1) is 0 Å². The van der Waals surface area contributed by atoms with Gasteiger partial charge in [0.2, 0.25) is 0 Å². The van der Waals surface area contributed by atoms with E-state index in [1.165, 1.54) is 227 Å². The quantitative estimate of drug-likeness (QED) is 0.0264. The van der Waals surface area contributed by atoms with Gasteiger partial charge in [0.1, 0.15) is 0 Å². The zero-order chi connectivity index (χ0) is 36.9. The molecule has 4 nitrogen and oxygen atoms in total. The molecule has 0 aliphatic heterocycles. The van der Waals surface area contributed by atoms with Gasteiger partial charge < -0.3 is 19.8 Å². The summed E-state index contributed by atoms with van der Waals surface area (Å²) in [5, 5.41) is 20.6. The number of hydrogen-bond acceptors (Lipinski definition) is 4. The molecule has 0 atom stereocenters. The maximum Gasteiger partial charge on any atom is 2.00 e. The van der Waals surface area contributed by atoms with Crippen molar-refractivity contribution in [3.63, 3.8) is 0 Å². The molecule has 0 aromatic heterocycles. The van der Waals surface area contributed by atoms with Crippen molar-refractivity contribution in [1.29, 1.82) is 0 Å². The summed E-state index contributed by atoms with van der Waals surface area (Å²) in [6.45, 7) is 0. The number of hydrogen-bond donors (Lipinski definition) is 0. The minimum Gasteiger partial charge on any atom is -0.550 e. The Morgan fingerprint density at radius 1 is 0.255 bits per heavy atom. The van der Waals surface area contributed by atoms with Crippen LogP contribution in [0.4, 0.5) is 0 Å². The Labute approximate surface area is 376 Å². The van der Waals surface area contributed by atoms with Crippen molar-refractivity contribution in [1.82, 2.24) is 0 Å². The molecule has 0 aliphatic carbocycles. The molecule has 0 saturated carbocycles. The number of carbonyl (C=O) groups is 2. The molecule has 0 amide bonds. The van der Waals surface area contributed by atoms with Crippen molar-refractivity contribution in [3.05, 3.63) is 0 Å². The fraction of sp³-hybridized carbons (Fsp3) is 0.955. The van der Waals surface area contributed by atoms with Crippen molar-refractivity contribution in [2.75, 3.05) is 8.86 Å². The largest absolute Gasteiger partial charge is 2.00 e. The average Bonchev–Trinajstić information content (AvgIpc) is 3.10. The topological polar surface area (TPSA) is 80.3 Å². The molecular weight excluding hydrogens is 886 g/mol. The van der Waals surface area contributed by atoms with Gasteiger partial charge in [0.25, 0.3) is 0 Å². The van der Waals surface area contributed by atoms with E-state index in [2.05, 4.69) is 45.2 Å². The Morgan fingerprint density at radius 2 is 0.373 bits per heavy atom. The minimum atomic E-state index is -0.901. The van der Waals surface area contributed by atoms with Crippen LogP contribution in [0.2, 0.25) is 0 Å². The van der Waals surface area contributed by atoms with E-state index in [-0.39, 0.29) is 50.6 Å². The van der Waals surface area contributed by atoms with Crippen LogP contribution < -0.4 is 10.2 Å². The zero-order valence-corrected chi connectivity index (χ0v) is 40.3. The second-order valence-corrected chi connectivity index (χ2v) is 17.2. The number of halogens is 2. The summed E-state index contributed by atoms with van der Waals surface area (Å²) in [7, 11) is 0. The van der Waals surface area contributed by atoms with Crippen LogP contribution in [-0.4, -0.2) is 58.5 Å². The van der Waals surface area contributed by atoms with E-state index in [0.29, 0.717) is 0 Å². The molecule has 0 fully saturated rings. The standard InChI is InChI=1S/2C22H43IO2.Ca/c2*23-21-19-17-15-13-11-9-7-5-3-1-2-4-6-8-10-12-14-16-18-20-22(24)25;/h2*1-21H2,(H,24,25);/q;;+2/p-2. The maximum atomic E-state index is 10.3. The first-order valence-electron chi connectivity index (χ1n) is 22.1. The zero-order valence-electron chi connectivity index (χ0n) is 33.8. The number of alkyl halides is 2. The van der Waals surface area contributed by atoms with Crippen molar-refractivity contribution < 1.29 is 19.8 Å². The summed E-state index contributed by atoms with van der Waals surface area (Å²) in [6, 6.07) is 0. The Hall–Kier alpha value is 1.66. The first-order valence-corrected chi connectivity index (χ1v) is 25.1. The molecular formula is C44H84CaI2O4. The van der Waals surface area contributed by atoms with E-state index in [1.807, 2.05) is 0 Å². The summed E-state index contributed by atoms with van der Waals surface area (Å²) < 4.78 is 2.65. The Kier molecular flexibility index (Phi) is 60.1. The maximum absolute atomic E-state index is 10.3. The molecule has 51 heavy (non-hydrogen) atoms. The average molecular weight is 971 g/mol. The Morgan fingerprint density at radius 3 is 0.490 bits per heavy atom. The van der Waals surface area contributed by atoms with E-state index >= 15 is 0 Å². The fourth-order valence-electron chi connectivity index (χ4n) is 6.74. The smallest absolute Gasteiger partial charge is 0.550 e. The van der Waals surface area contributed by atoms with Gasteiger partial charge >= 0.3 is 37.7 Å². The number of unbranched alkanes of at least 4 members (excludes halogenated alkanes) is 36. The number of carbonyl (C=O) groups excluding carboxylic acids is 2. The first kappa shape index (κ1) is 57.0. The SMILES string of the molecule is O=C([O-])CCCCCCCCCCCCCCCCCCCCCI.O=C([O-])CCCCCCCCCCCCCCCCCCCCCI.[Ca+2]. The Balaban J connectivity index is -0.000000886. The summed E-state index contributed by atoms with van der Waals surface area (Å²) in [5.74, 6) is -1.80. The second kappa shape index (κ2) is 53.8. The van der Waals surface area contributed by atoms with Crippen LogP contribution in [0.1, 0.15) is 257 Å². The van der Waals surface area contributed by atoms with Gasteiger partial charge in [-0.1, -0.05) is 263 Å². The van der Waals surface area contributed by atoms with Gasteiger partial charge in [0, 0.05) is 11.9 Å². The van der Waals surface area contributed by atoms with Crippen molar-refractivity contribution in [2.45, 2.75) is 257 Å². The normalized spacial score (nSPS) is 10.9. The van der Waals surface area contributed by atoms with Gasteiger partial charge in [-0.15, -0.1) is 0 Å². The summed E-state index contributed by atoms with van der Waals surface area (Å²) >= 11 is 4.95. The first-order chi connectivity index (χ1) is 24.5. The molecule has 0 spiro atoms. The third-order valence-electron chi connectivity index (χ3n) is 10.0. The molecule has 0 radical (unpaired) electrons. The van der Waals surface area contributed by atoms with E-state index < -0.39 is 11.9 Å². The minimum absolute atomic E-state index is 0. The van der Waals surface area contributed by atoms with Crippen LogP contribution >= 0.6 is 45.2 Å². The summed E-state index contributed by atoms with van der Waals surface area (Å²) in [6.07, 6.45) is 51.7. The number of aliphatic carboxylic acids is 2. The third-order valence-corrected chi connectivity index (χ3v) is 11.6. The van der Waals surface area contributed by atoms with Crippen molar-refractivity contribution in [3.8, 4) is 0 Å². The Bertz CT molecular complexity index is 599.